The fraction of sp³-hybridized carbons (Fsp3) is 0.867. The van der Waals surface area contributed by atoms with E-state index >= 15 is 0 Å². The Labute approximate surface area is 148 Å². The summed E-state index contributed by atoms with van der Waals surface area (Å²) in [7, 11) is -7.65. The van der Waals surface area contributed by atoms with Crippen LogP contribution < -0.4 is 0 Å². The minimum atomic E-state index is -3.83. The highest BCUT2D eigenvalue weighted by Gasteiger charge is 2.42. The van der Waals surface area contributed by atoms with Gasteiger partial charge in [0.2, 0.25) is 14.7 Å². The zero-order valence-electron chi connectivity index (χ0n) is 15.2. The first kappa shape index (κ1) is 24.3. The summed E-state index contributed by atoms with van der Waals surface area (Å²) in [6.07, 6.45) is -0.576. The Morgan fingerprint density at radius 1 is 0.840 bits per heavy atom. The van der Waals surface area contributed by atoms with Crippen LogP contribution in [-0.4, -0.2) is 56.6 Å². The Morgan fingerprint density at radius 2 is 1.12 bits per heavy atom. The Bertz CT molecular complexity index is 524. The molecule has 0 heterocycles. The fourth-order valence-electron chi connectivity index (χ4n) is 2.94. The van der Waals surface area contributed by atoms with Crippen LogP contribution in [-0.2, 0) is 18.7 Å². The maximum Gasteiger partial charge on any atom is 0.306 e. The molecular weight excluding hydrogens is 370 g/mol. The van der Waals surface area contributed by atoms with E-state index in [0.717, 1.165) is 0 Å². The normalized spacial score (nSPS) is 19.4. The summed E-state index contributed by atoms with van der Waals surface area (Å²) in [6, 6.07) is 0. The van der Waals surface area contributed by atoms with Gasteiger partial charge in [0.25, 0.3) is 0 Å². The molecule has 148 valence electrons. The van der Waals surface area contributed by atoms with Gasteiger partial charge >= 0.3 is 11.9 Å². The summed E-state index contributed by atoms with van der Waals surface area (Å²) in [5, 5.41) is 17.8. The highest BCUT2D eigenvalue weighted by Crippen LogP contribution is 2.56. The lowest BCUT2D eigenvalue weighted by atomic mass is 9.87. The van der Waals surface area contributed by atoms with E-state index in [4.69, 9.17) is 10.2 Å². The molecule has 0 aliphatic carbocycles. The van der Waals surface area contributed by atoms with Gasteiger partial charge in [-0.25, -0.2) is 0 Å². The largest absolute Gasteiger partial charge is 0.481 e. The average molecular weight is 400 g/mol. The third kappa shape index (κ3) is 8.50. The van der Waals surface area contributed by atoms with E-state index in [-0.39, 0.29) is 12.3 Å². The Kier molecular flexibility index (Phi) is 9.06. The van der Waals surface area contributed by atoms with Gasteiger partial charge in [-0.05, 0) is 18.3 Å². The Hall–Kier alpha value is -0.680. The van der Waals surface area contributed by atoms with E-state index in [0.29, 0.717) is 12.8 Å². The molecule has 0 saturated carbocycles. The van der Waals surface area contributed by atoms with Crippen molar-refractivity contribution in [2.75, 3.05) is 24.6 Å². The van der Waals surface area contributed by atoms with Crippen molar-refractivity contribution < 1.29 is 38.7 Å². The molecule has 0 bridgehead atoms. The maximum atomic E-state index is 12.5. The van der Waals surface area contributed by atoms with Crippen molar-refractivity contribution in [3.63, 3.8) is 0 Å². The predicted octanol–water partition coefficient (Wildman–Crippen LogP) is 2.78. The molecule has 10 heteroatoms. The van der Waals surface area contributed by atoms with Crippen molar-refractivity contribution in [3.8, 4) is 0 Å². The van der Waals surface area contributed by atoms with Crippen LogP contribution in [0.1, 0.15) is 40.5 Å². The minimum Gasteiger partial charge on any atom is -0.481 e. The summed E-state index contributed by atoms with van der Waals surface area (Å²) in [6.45, 7) is 6.17. The molecule has 4 N–H and O–H groups in total. The van der Waals surface area contributed by atoms with Gasteiger partial charge in [-0.1, -0.05) is 27.7 Å². The smallest absolute Gasteiger partial charge is 0.306 e. The van der Waals surface area contributed by atoms with Gasteiger partial charge in [0, 0.05) is 24.6 Å². The molecular formula is C15H30O8P2. The summed E-state index contributed by atoms with van der Waals surface area (Å²) in [4.78, 5) is 42.3. The molecule has 0 saturated heterocycles. The Balaban J connectivity index is 5.35. The van der Waals surface area contributed by atoms with Crippen LogP contribution in [0.15, 0.2) is 0 Å². The molecule has 0 aromatic rings. The SMILES string of the molecule is CCC(CC)(CP(=O)(O)CC(C)C(=O)O)CP(=O)(O)CC(C)C(=O)O. The molecule has 0 radical (unpaired) electrons. The summed E-state index contributed by atoms with van der Waals surface area (Å²) >= 11 is 0. The minimum absolute atomic E-state index is 0.253. The number of aliphatic carboxylic acids is 2. The highest BCUT2D eigenvalue weighted by molar-refractivity contribution is 7.59. The standard InChI is InChI=1S/C15H30O8P2/c1-5-15(6-2,9-24(20,21)7-11(3)13(16)17)10-25(22,23)8-12(4)14(18)19/h11-12H,5-10H2,1-4H3,(H,16,17)(H,18,19)(H,20,21)(H,22,23). The van der Waals surface area contributed by atoms with Crippen LogP contribution in [0.3, 0.4) is 0 Å². The molecule has 0 fully saturated rings. The average Bonchev–Trinajstić information content (AvgIpc) is 2.44. The van der Waals surface area contributed by atoms with Crippen LogP contribution in [0.25, 0.3) is 0 Å². The first-order chi connectivity index (χ1) is 11.2. The van der Waals surface area contributed by atoms with Crippen molar-refractivity contribution in [1.82, 2.24) is 0 Å². The predicted molar refractivity (Wildman–Crippen MR) is 95.7 cm³/mol. The molecule has 8 nitrogen and oxygen atoms in total. The zero-order chi connectivity index (χ0) is 20.1. The second-order valence-corrected chi connectivity index (χ2v) is 11.8. The van der Waals surface area contributed by atoms with E-state index < -0.39 is 56.3 Å². The lowest BCUT2D eigenvalue weighted by Crippen LogP contribution is -2.31. The molecule has 0 aliphatic heterocycles. The first-order valence-electron chi connectivity index (χ1n) is 8.26. The number of carboxylic acid groups (broad SMARTS) is 2. The van der Waals surface area contributed by atoms with Crippen molar-refractivity contribution >= 4 is 26.7 Å². The third-order valence-electron chi connectivity index (χ3n) is 4.63. The van der Waals surface area contributed by atoms with Gasteiger partial charge in [-0.2, -0.15) is 0 Å². The summed E-state index contributed by atoms with van der Waals surface area (Å²) in [5.41, 5.74) is -0.912. The molecule has 4 atom stereocenters. The van der Waals surface area contributed by atoms with Crippen molar-refractivity contribution in [1.29, 1.82) is 0 Å². The Morgan fingerprint density at radius 3 is 1.32 bits per heavy atom. The highest BCUT2D eigenvalue weighted by atomic mass is 31.2. The zero-order valence-corrected chi connectivity index (χ0v) is 17.0. The van der Waals surface area contributed by atoms with Crippen LogP contribution in [0.5, 0.6) is 0 Å². The van der Waals surface area contributed by atoms with Gasteiger partial charge in [0.1, 0.15) is 0 Å². The molecule has 25 heavy (non-hydrogen) atoms. The monoisotopic (exact) mass is 400 g/mol. The van der Waals surface area contributed by atoms with Crippen molar-refractivity contribution in [2.24, 2.45) is 17.3 Å². The van der Waals surface area contributed by atoms with Crippen LogP contribution >= 0.6 is 14.7 Å². The summed E-state index contributed by atoms with van der Waals surface area (Å²) < 4.78 is 25.0. The third-order valence-corrected chi connectivity index (χ3v) is 9.19. The number of hydrogen-bond donors (Lipinski definition) is 4. The number of carboxylic acids is 2. The van der Waals surface area contributed by atoms with Crippen LogP contribution in [0, 0.1) is 17.3 Å². The second kappa shape index (κ2) is 9.31. The van der Waals surface area contributed by atoms with Gasteiger partial charge in [0.15, 0.2) is 0 Å². The van der Waals surface area contributed by atoms with Gasteiger partial charge in [-0.3, -0.25) is 18.7 Å². The second-order valence-electron chi connectivity index (χ2n) is 7.06. The fourth-order valence-corrected chi connectivity index (χ4v) is 8.61. The molecule has 0 rings (SSSR count). The lowest BCUT2D eigenvalue weighted by molar-refractivity contribution is -0.141. The van der Waals surface area contributed by atoms with E-state index in [9.17, 15) is 28.5 Å². The van der Waals surface area contributed by atoms with Gasteiger partial charge in [-0.15, -0.1) is 0 Å². The number of carbonyl (C=O) groups is 2. The van der Waals surface area contributed by atoms with Gasteiger partial charge < -0.3 is 20.0 Å². The number of hydrogen-bond acceptors (Lipinski definition) is 4. The first-order valence-corrected chi connectivity index (χ1v) is 12.3. The van der Waals surface area contributed by atoms with Crippen molar-refractivity contribution in [3.05, 3.63) is 0 Å². The van der Waals surface area contributed by atoms with Crippen LogP contribution in [0.2, 0.25) is 0 Å². The van der Waals surface area contributed by atoms with E-state index in [1.807, 2.05) is 0 Å². The lowest BCUT2D eigenvalue weighted by Gasteiger charge is -2.35. The molecule has 0 spiro atoms. The van der Waals surface area contributed by atoms with E-state index in [1.165, 1.54) is 13.8 Å². The maximum absolute atomic E-state index is 12.5. The van der Waals surface area contributed by atoms with E-state index in [2.05, 4.69) is 0 Å². The topological polar surface area (TPSA) is 149 Å². The molecule has 4 unspecified atom stereocenters. The van der Waals surface area contributed by atoms with Crippen LogP contribution in [0.4, 0.5) is 0 Å². The molecule has 0 aliphatic rings. The summed E-state index contributed by atoms with van der Waals surface area (Å²) in [5.74, 6) is -4.32. The molecule has 0 aromatic carbocycles. The molecule has 0 aromatic heterocycles. The van der Waals surface area contributed by atoms with Gasteiger partial charge in [0.05, 0.1) is 11.8 Å². The van der Waals surface area contributed by atoms with E-state index in [1.54, 1.807) is 13.8 Å². The quantitative estimate of drug-likeness (QED) is 0.365. The molecule has 0 amide bonds. The number of rotatable bonds is 12. The van der Waals surface area contributed by atoms with Crippen molar-refractivity contribution in [2.45, 2.75) is 40.5 Å².